The van der Waals surface area contributed by atoms with Crippen LogP contribution in [0.4, 0.5) is 27.6 Å². The van der Waals surface area contributed by atoms with E-state index >= 15 is 0 Å². The second-order valence-electron chi connectivity index (χ2n) is 3.78. The van der Waals surface area contributed by atoms with Crippen molar-refractivity contribution in [2.45, 2.75) is 25.1 Å². The van der Waals surface area contributed by atoms with Gasteiger partial charge in [0.1, 0.15) is 6.04 Å². The summed E-state index contributed by atoms with van der Waals surface area (Å²) in [6, 6.07) is -0.906. The smallest absolute Gasteiger partial charge is 0.373 e. The van der Waals surface area contributed by atoms with Crippen LogP contribution < -0.4 is 5.32 Å². The Morgan fingerprint density at radius 1 is 1.29 bits per heavy atom. The van der Waals surface area contributed by atoms with Gasteiger partial charge in [-0.3, -0.25) is 0 Å². The summed E-state index contributed by atoms with van der Waals surface area (Å²) in [6.07, 6.45) is -4.85. The zero-order chi connectivity index (χ0) is 12.8. The van der Waals surface area contributed by atoms with E-state index in [1.807, 2.05) is 0 Å². The van der Waals surface area contributed by atoms with Crippen molar-refractivity contribution in [3.05, 3.63) is 27.7 Å². The van der Waals surface area contributed by atoms with Gasteiger partial charge < -0.3 is 5.32 Å². The summed E-state index contributed by atoms with van der Waals surface area (Å²) in [6.45, 7) is 0. The van der Waals surface area contributed by atoms with E-state index in [9.17, 15) is 22.0 Å². The molecule has 1 nitrogen and oxygen atoms in total. The van der Waals surface area contributed by atoms with Gasteiger partial charge in [0.15, 0.2) is 11.6 Å². The van der Waals surface area contributed by atoms with E-state index in [0.717, 1.165) is 6.07 Å². The summed E-state index contributed by atoms with van der Waals surface area (Å²) < 4.78 is 64.0. The Labute approximate surface area is 102 Å². The Balaban J connectivity index is 2.43. The maximum atomic E-state index is 13.4. The summed E-state index contributed by atoms with van der Waals surface area (Å²) in [5.74, 6) is -2.15. The number of hydrogen-bond donors (Lipinski definition) is 1. The minimum Gasteiger partial charge on any atom is -0.373 e. The standard InChI is InChI=1S/C10H7BrF5N/c11-5-3-6(12)8(13)4-1-2-7(10(14,15)16)17-9(4)5/h3,7,17H,1-2H2. The van der Waals surface area contributed by atoms with Gasteiger partial charge in [0.05, 0.1) is 5.69 Å². The van der Waals surface area contributed by atoms with Gasteiger partial charge in [-0.1, -0.05) is 0 Å². The Morgan fingerprint density at radius 3 is 2.53 bits per heavy atom. The van der Waals surface area contributed by atoms with E-state index in [1.165, 1.54) is 0 Å². The summed E-state index contributed by atoms with van der Waals surface area (Å²) in [4.78, 5) is 0. The third-order valence-corrected chi connectivity index (χ3v) is 3.29. The zero-order valence-electron chi connectivity index (χ0n) is 8.34. The quantitative estimate of drug-likeness (QED) is 0.563. The predicted octanol–water partition coefficient (Wildman–Crippen LogP) is 4.02. The molecule has 17 heavy (non-hydrogen) atoms. The molecule has 0 spiro atoms. The first-order chi connectivity index (χ1) is 7.80. The van der Waals surface area contributed by atoms with Crippen LogP contribution in [0, 0.1) is 11.6 Å². The lowest BCUT2D eigenvalue weighted by Gasteiger charge is -2.29. The summed E-state index contributed by atoms with van der Waals surface area (Å²) in [5, 5.41) is 2.19. The molecule has 1 heterocycles. The van der Waals surface area contributed by atoms with Crippen molar-refractivity contribution < 1.29 is 22.0 Å². The van der Waals surface area contributed by atoms with Crippen molar-refractivity contribution in [1.29, 1.82) is 0 Å². The monoisotopic (exact) mass is 315 g/mol. The van der Waals surface area contributed by atoms with Crippen molar-refractivity contribution in [1.82, 2.24) is 0 Å². The first-order valence-electron chi connectivity index (χ1n) is 4.80. The molecule has 7 heteroatoms. The molecule has 1 atom stereocenters. The van der Waals surface area contributed by atoms with E-state index in [2.05, 4.69) is 21.2 Å². The Hall–Kier alpha value is -0.850. The number of rotatable bonds is 0. The van der Waals surface area contributed by atoms with Crippen LogP contribution in [0.25, 0.3) is 0 Å². The highest BCUT2D eigenvalue weighted by atomic mass is 79.9. The Kier molecular flexibility index (Phi) is 3.05. The van der Waals surface area contributed by atoms with E-state index in [1.54, 1.807) is 0 Å². The van der Waals surface area contributed by atoms with Gasteiger partial charge in [-0.2, -0.15) is 13.2 Å². The SMILES string of the molecule is Fc1cc(Br)c2c(c1F)CCC(C(F)(F)F)N2. The third kappa shape index (κ3) is 2.25. The van der Waals surface area contributed by atoms with Crippen LogP contribution in [-0.4, -0.2) is 12.2 Å². The fraction of sp³-hybridized carbons (Fsp3) is 0.400. The first-order valence-corrected chi connectivity index (χ1v) is 5.59. The molecule has 1 aromatic carbocycles. The fourth-order valence-corrected chi connectivity index (χ4v) is 2.37. The van der Waals surface area contributed by atoms with Crippen LogP contribution in [0.2, 0.25) is 0 Å². The van der Waals surface area contributed by atoms with Crippen molar-refractivity contribution >= 4 is 21.6 Å². The van der Waals surface area contributed by atoms with Crippen LogP contribution in [-0.2, 0) is 6.42 Å². The maximum Gasteiger partial charge on any atom is 0.408 e. The summed E-state index contributed by atoms with van der Waals surface area (Å²) in [7, 11) is 0. The van der Waals surface area contributed by atoms with Gasteiger partial charge in [0.25, 0.3) is 0 Å². The number of hydrogen-bond acceptors (Lipinski definition) is 1. The van der Waals surface area contributed by atoms with E-state index in [0.29, 0.717) is 0 Å². The van der Waals surface area contributed by atoms with Crippen molar-refractivity contribution in [3.63, 3.8) is 0 Å². The average molecular weight is 316 g/mol. The molecule has 0 amide bonds. The number of halogens is 6. The lowest BCUT2D eigenvalue weighted by Crippen LogP contribution is -2.39. The zero-order valence-corrected chi connectivity index (χ0v) is 9.92. The van der Waals surface area contributed by atoms with Gasteiger partial charge >= 0.3 is 6.18 Å². The maximum absolute atomic E-state index is 13.4. The van der Waals surface area contributed by atoms with Crippen LogP contribution in [0.1, 0.15) is 12.0 Å². The lowest BCUT2D eigenvalue weighted by atomic mass is 9.97. The molecule has 2 rings (SSSR count). The Morgan fingerprint density at radius 2 is 1.94 bits per heavy atom. The van der Waals surface area contributed by atoms with E-state index < -0.39 is 23.9 Å². The molecule has 1 aromatic rings. The summed E-state index contributed by atoms with van der Waals surface area (Å²) >= 11 is 2.92. The molecule has 0 saturated carbocycles. The van der Waals surface area contributed by atoms with Gasteiger partial charge in [-0.25, -0.2) is 8.78 Å². The minimum atomic E-state index is -4.40. The minimum absolute atomic E-state index is 0.0162. The molecule has 1 aliphatic heterocycles. The van der Waals surface area contributed by atoms with Crippen molar-refractivity contribution in [3.8, 4) is 0 Å². The molecule has 0 saturated heterocycles. The van der Waals surface area contributed by atoms with Gasteiger partial charge in [0.2, 0.25) is 0 Å². The number of alkyl halides is 3. The third-order valence-electron chi connectivity index (χ3n) is 2.67. The summed E-state index contributed by atoms with van der Waals surface area (Å²) in [5.41, 5.74) is -0.0603. The molecule has 0 fully saturated rings. The van der Waals surface area contributed by atoms with Crippen LogP contribution >= 0.6 is 15.9 Å². The number of anilines is 1. The average Bonchev–Trinajstić information content (AvgIpc) is 2.24. The molecule has 1 aliphatic rings. The van der Waals surface area contributed by atoms with Gasteiger partial charge in [-0.15, -0.1) is 0 Å². The Bertz CT molecular complexity index is 457. The number of benzene rings is 1. The highest BCUT2D eigenvalue weighted by molar-refractivity contribution is 9.10. The fourth-order valence-electron chi connectivity index (χ4n) is 1.82. The van der Waals surface area contributed by atoms with Crippen LogP contribution in [0.15, 0.2) is 10.5 Å². The number of nitrogens with one attached hydrogen (secondary N) is 1. The van der Waals surface area contributed by atoms with Crippen molar-refractivity contribution in [2.24, 2.45) is 0 Å². The topological polar surface area (TPSA) is 12.0 Å². The largest absolute Gasteiger partial charge is 0.408 e. The van der Waals surface area contributed by atoms with Crippen LogP contribution in [0.3, 0.4) is 0 Å². The number of fused-ring (bicyclic) bond motifs is 1. The lowest BCUT2D eigenvalue weighted by molar-refractivity contribution is -0.144. The van der Waals surface area contributed by atoms with E-state index in [4.69, 9.17) is 0 Å². The predicted molar refractivity (Wildman–Crippen MR) is 55.8 cm³/mol. The molecular formula is C10H7BrF5N. The molecule has 0 radical (unpaired) electrons. The molecular weight excluding hydrogens is 309 g/mol. The second-order valence-corrected chi connectivity index (χ2v) is 4.64. The molecule has 94 valence electrons. The van der Waals surface area contributed by atoms with E-state index in [-0.39, 0.29) is 28.6 Å². The highest BCUT2D eigenvalue weighted by Gasteiger charge is 2.42. The molecule has 0 aliphatic carbocycles. The van der Waals surface area contributed by atoms with Crippen LogP contribution in [0.5, 0.6) is 0 Å². The second kappa shape index (κ2) is 4.12. The molecule has 1 unspecified atom stereocenters. The normalized spacial score (nSPS) is 19.8. The molecule has 0 bridgehead atoms. The first kappa shape index (κ1) is 12.6. The van der Waals surface area contributed by atoms with Gasteiger partial charge in [-0.05, 0) is 34.8 Å². The van der Waals surface area contributed by atoms with Gasteiger partial charge in [0, 0.05) is 10.0 Å². The highest BCUT2D eigenvalue weighted by Crippen LogP contribution is 2.39. The molecule has 0 aromatic heterocycles. The van der Waals surface area contributed by atoms with Crippen molar-refractivity contribution in [2.75, 3.05) is 5.32 Å². The molecule has 1 N–H and O–H groups in total.